The second kappa shape index (κ2) is 6.41. The van der Waals surface area contributed by atoms with E-state index in [1.807, 2.05) is 7.05 Å². The zero-order valence-electron chi connectivity index (χ0n) is 8.22. The zero-order valence-corrected chi connectivity index (χ0v) is 8.22. The Balaban J connectivity index is 3.80. The topological polar surface area (TPSA) is 12.0 Å². The minimum atomic E-state index is 0.743. The van der Waals surface area contributed by atoms with Crippen molar-refractivity contribution in [3.63, 3.8) is 0 Å². The lowest BCUT2D eigenvalue weighted by atomic mass is 9.91. The van der Waals surface area contributed by atoms with Crippen LogP contribution in [-0.2, 0) is 0 Å². The van der Waals surface area contributed by atoms with Gasteiger partial charge in [-0.2, -0.15) is 0 Å². The van der Waals surface area contributed by atoms with Crippen molar-refractivity contribution in [3.05, 3.63) is 12.2 Å². The molecule has 0 fully saturated rings. The first-order chi connectivity index (χ1) is 5.26. The van der Waals surface area contributed by atoms with E-state index >= 15 is 0 Å². The lowest BCUT2D eigenvalue weighted by molar-refractivity contribution is 0.404. The summed E-state index contributed by atoms with van der Waals surface area (Å²) in [4.78, 5) is 0. The summed E-state index contributed by atoms with van der Waals surface area (Å²) in [7, 11) is 2.01. The molecule has 0 amide bonds. The van der Waals surface area contributed by atoms with Gasteiger partial charge in [-0.05, 0) is 38.8 Å². The summed E-state index contributed by atoms with van der Waals surface area (Å²) in [6.45, 7) is 7.75. The van der Waals surface area contributed by atoms with E-state index in [1.54, 1.807) is 0 Å². The molecule has 0 radical (unpaired) electrons. The maximum atomic E-state index is 3.21. The van der Waals surface area contributed by atoms with Crippen LogP contribution in [0.25, 0.3) is 0 Å². The second-order valence-electron chi connectivity index (χ2n) is 3.13. The van der Waals surface area contributed by atoms with Crippen molar-refractivity contribution in [1.29, 1.82) is 0 Å². The number of hydrogen-bond donors (Lipinski definition) is 1. The average molecular weight is 155 g/mol. The Kier molecular flexibility index (Phi) is 6.24. The fourth-order valence-electron chi connectivity index (χ4n) is 1.45. The molecule has 0 spiro atoms. The van der Waals surface area contributed by atoms with Gasteiger partial charge < -0.3 is 5.32 Å². The van der Waals surface area contributed by atoms with Crippen molar-refractivity contribution >= 4 is 0 Å². The van der Waals surface area contributed by atoms with Gasteiger partial charge in [-0.3, -0.25) is 0 Å². The molecule has 0 aliphatic heterocycles. The van der Waals surface area contributed by atoms with E-state index < -0.39 is 0 Å². The Hall–Kier alpha value is -0.300. The third-order valence-corrected chi connectivity index (χ3v) is 2.17. The first-order valence-corrected chi connectivity index (χ1v) is 4.53. The van der Waals surface area contributed by atoms with Crippen molar-refractivity contribution in [2.24, 2.45) is 11.8 Å². The molecule has 0 aromatic rings. The number of rotatable bonds is 5. The summed E-state index contributed by atoms with van der Waals surface area (Å²) in [5.41, 5.74) is 0. The van der Waals surface area contributed by atoms with Crippen molar-refractivity contribution in [1.82, 2.24) is 5.32 Å². The number of allylic oxidation sites excluding steroid dienone is 2. The SMILES string of the molecule is CC=CC(CC)C(C)CNC. The van der Waals surface area contributed by atoms with Crippen molar-refractivity contribution < 1.29 is 0 Å². The van der Waals surface area contributed by atoms with Gasteiger partial charge in [0.05, 0.1) is 0 Å². The monoisotopic (exact) mass is 155 g/mol. The minimum Gasteiger partial charge on any atom is -0.319 e. The van der Waals surface area contributed by atoms with Crippen molar-refractivity contribution in [3.8, 4) is 0 Å². The summed E-state index contributed by atoms with van der Waals surface area (Å²) in [6, 6.07) is 0. The van der Waals surface area contributed by atoms with Crippen LogP contribution < -0.4 is 5.32 Å². The molecule has 0 aliphatic rings. The molecule has 0 aromatic carbocycles. The van der Waals surface area contributed by atoms with E-state index in [-0.39, 0.29) is 0 Å². The van der Waals surface area contributed by atoms with E-state index in [0.717, 1.165) is 18.4 Å². The highest BCUT2D eigenvalue weighted by molar-refractivity contribution is 4.87. The number of nitrogens with one attached hydrogen (secondary N) is 1. The molecular weight excluding hydrogens is 134 g/mol. The van der Waals surface area contributed by atoms with Gasteiger partial charge in [0.25, 0.3) is 0 Å². The summed E-state index contributed by atoms with van der Waals surface area (Å²) >= 11 is 0. The third kappa shape index (κ3) is 4.20. The van der Waals surface area contributed by atoms with Crippen LogP contribution >= 0.6 is 0 Å². The Bertz CT molecular complexity index is 107. The van der Waals surface area contributed by atoms with Crippen LogP contribution in [0.2, 0.25) is 0 Å². The van der Waals surface area contributed by atoms with Crippen LogP contribution in [-0.4, -0.2) is 13.6 Å². The van der Waals surface area contributed by atoms with Crippen LogP contribution in [0.5, 0.6) is 0 Å². The van der Waals surface area contributed by atoms with Gasteiger partial charge in [-0.25, -0.2) is 0 Å². The van der Waals surface area contributed by atoms with E-state index in [2.05, 4.69) is 38.2 Å². The lowest BCUT2D eigenvalue weighted by Crippen LogP contribution is -2.22. The Labute approximate surface area is 70.9 Å². The molecule has 1 heteroatoms. The molecule has 0 saturated heterocycles. The highest BCUT2D eigenvalue weighted by Crippen LogP contribution is 2.15. The first kappa shape index (κ1) is 10.7. The van der Waals surface area contributed by atoms with Gasteiger partial charge in [-0.15, -0.1) is 0 Å². The van der Waals surface area contributed by atoms with Crippen LogP contribution in [0.4, 0.5) is 0 Å². The molecule has 66 valence electrons. The van der Waals surface area contributed by atoms with E-state index in [4.69, 9.17) is 0 Å². The van der Waals surface area contributed by atoms with Gasteiger partial charge in [0, 0.05) is 0 Å². The average Bonchev–Trinajstić information content (AvgIpc) is 2.00. The molecule has 11 heavy (non-hydrogen) atoms. The standard InChI is InChI=1S/C10H21N/c1-5-7-10(6-2)9(3)8-11-4/h5,7,9-11H,6,8H2,1-4H3. The first-order valence-electron chi connectivity index (χ1n) is 4.53. The Morgan fingerprint density at radius 3 is 2.45 bits per heavy atom. The van der Waals surface area contributed by atoms with E-state index in [1.165, 1.54) is 6.42 Å². The molecule has 0 aliphatic carbocycles. The molecule has 1 N–H and O–H groups in total. The van der Waals surface area contributed by atoms with Gasteiger partial charge in [0.15, 0.2) is 0 Å². The zero-order chi connectivity index (χ0) is 8.69. The van der Waals surface area contributed by atoms with Gasteiger partial charge in [0.2, 0.25) is 0 Å². The highest BCUT2D eigenvalue weighted by Gasteiger charge is 2.10. The van der Waals surface area contributed by atoms with Crippen LogP contribution in [0, 0.1) is 11.8 Å². The van der Waals surface area contributed by atoms with E-state index in [9.17, 15) is 0 Å². The molecule has 1 nitrogen and oxygen atoms in total. The summed E-state index contributed by atoms with van der Waals surface area (Å²) in [6.07, 6.45) is 5.70. The predicted octanol–water partition coefficient (Wildman–Crippen LogP) is 2.44. The van der Waals surface area contributed by atoms with Crippen molar-refractivity contribution in [2.75, 3.05) is 13.6 Å². The summed E-state index contributed by atoms with van der Waals surface area (Å²) in [5.74, 6) is 1.49. The van der Waals surface area contributed by atoms with Gasteiger partial charge in [0.1, 0.15) is 0 Å². The quantitative estimate of drug-likeness (QED) is 0.601. The fourth-order valence-corrected chi connectivity index (χ4v) is 1.45. The largest absolute Gasteiger partial charge is 0.319 e. The molecule has 0 rings (SSSR count). The van der Waals surface area contributed by atoms with Crippen LogP contribution in [0.15, 0.2) is 12.2 Å². The van der Waals surface area contributed by atoms with Crippen molar-refractivity contribution in [2.45, 2.75) is 27.2 Å². The maximum absolute atomic E-state index is 3.21. The van der Waals surface area contributed by atoms with Gasteiger partial charge in [-0.1, -0.05) is 26.0 Å². The van der Waals surface area contributed by atoms with Gasteiger partial charge >= 0.3 is 0 Å². The Morgan fingerprint density at radius 1 is 1.45 bits per heavy atom. The normalized spacial score (nSPS) is 17.1. The number of hydrogen-bond acceptors (Lipinski definition) is 1. The second-order valence-corrected chi connectivity index (χ2v) is 3.13. The molecule has 0 aromatic heterocycles. The molecule has 2 atom stereocenters. The summed E-state index contributed by atoms with van der Waals surface area (Å²) in [5, 5.41) is 3.21. The lowest BCUT2D eigenvalue weighted by Gasteiger charge is -2.18. The van der Waals surface area contributed by atoms with E-state index in [0.29, 0.717) is 0 Å². The molecular formula is C10H21N. The predicted molar refractivity (Wildman–Crippen MR) is 51.7 cm³/mol. The molecule has 0 bridgehead atoms. The fraction of sp³-hybridized carbons (Fsp3) is 0.800. The smallest absolute Gasteiger partial charge is 0.00205 e. The third-order valence-electron chi connectivity index (χ3n) is 2.17. The molecule has 2 unspecified atom stereocenters. The summed E-state index contributed by atoms with van der Waals surface area (Å²) < 4.78 is 0. The maximum Gasteiger partial charge on any atom is -0.00205 e. The Morgan fingerprint density at radius 2 is 2.09 bits per heavy atom. The van der Waals surface area contributed by atoms with Crippen LogP contribution in [0.3, 0.4) is 0 Å². The molecule has 0 heterocycles. The molecule has 0 saturated carbocycles. The highest BCUT2D eigenvalue weighted by atomic mass is 14.8. The minimum absolute atomic E-state index is 0.743. The van der Waals surface area contributed by atoms with Crippen LogP contribution in [0.1, 0.15) is 27.2 Å².